The lowest BCUT2D eigenvalue weighted by molar-refractivity contribution is 0.0671. The molecule has 4 aromatic rings. The van der Waals surface area contributed by atoms with E-state index in [1.54, 1.807) is 12.1 Å². The standard InChI is InChI=1S/C24H14O8/c25-21(26)14-3-1-12-2-4-16(11-17(12)10-14)24(31)32-20-18-7-6-15(22(27)28)9-13(18)5-8-19(20)23(29)30/h1-11H,(H,25,26)(H,27,28)(H,29,30). The third-order valence-electron chi connectivity index (χ3n) is 4.97. The summed E-state index contributed by atoms with van der Waals surface area (Å²) in [6.45, 7) is 0. The molecule has 0 aliphatic carbocycles. The quantitative estimate of drug-likeness (QED) is 0.315. The van der Waals surface area contributed by atoms with Crippen molar-refractivity contribution < 1.29 is 39.2 Å². The van der Waals surface area contributed by atoms with Crippen LogP contribution in [0.15, 0.2) is 66.7 Å². The van der Waals surface area contributed by atoms with Gasteiger partial charge in [-0.1, -0.05) is 18.2 Å². The normalized spacial score (nSPS) is 10.8. The summed E-state index contributed by atoms with van der Waals surface area (Å²) >= 11 is 0. The molecule has 0 amide bonds. The van der Waals surface area contributed by atoms with Gasteiger partial charge in [0.15, 0.2) is 5.75 Å². The summed E-state index contributed by atoms with van der Waals surface area (Å²) in [5, 5.41) is 29.7. The van der Waals surface area contributed by atoms with Gasteiger partial charge in [-0.15, -0.1) is 0 Å². The number of carboxylic acid groups (broad SMARTS) is 3. The SMILES string of the molecule is O=C(O)c1ccc2ccc(C(=O)Oc3c(C(=O)O)ccc4cc(C(=O)O)ccc34)cc2c1. The molecule has 0 unspecified atom stereocenters. The molecule has 4 rings (SSSR count). The van der Waals surface area contributed by atoms with Crippen LogP contribution in [-0.4, -0.2) is 39.2 Å². The fraction of sp³-hybridized carbons (Fsp3) is 0. The molecule has 0 aromatic heterocycles. The highest BCUT2D eigenvalue weighted by atomic mass is 16.5. The van der Waals surface area contributed by atoms with Gasteiger partial charge in [-0.3, -0.25) is 0 Å². The lowest BCUT2D eigenvalue weighted by Crippen LogP contribution is -2.12. The molecule has 0 saturated carbocycles. The zero-order valence-electron chi connectivity index (χ0n) is 16.2. The highest BCUT2D eigenvalue weighted by molar-refractivity contribution is 6.06. The van der Waals surface area contributed by atoms with Crippen molar-refractivity contribution in [1.29, 1.82) is 0 Å². The van der Waals surface area contributed by atoms with E-state index < -0.39 is 23.9 Å². The van der Waals surface area contributed by atoms with Crippen molar-refractivity contribution >= 4 is 45.4 Å². The minimum Gasteiger partial charge on any atom is -0.478 e. The summed E-state index contributed by atoms with van der Waals surface area (Å²) in [5.41, 5.74) is -0.112. The van der Waals surface area contributed by atoms with Crippen LogP contribution in [0, 0.1) is 0 Å². The first-order chi connectivity index (χ1) is 15.2. The summed E-state index contributed by atoms with van der Waals surface area (Å²) in [4.78, 5) is 47.0. The highest BCUT2D eigenvalue weighted by Crippen LogP contribution is 2.32. The van der Waals surface area contributed by atoms with E-state index in [2.05, 4.69) is 0 Å². The average molecular weight is 430 g/mol. The Kier molecular flexibility index (Phi) is 5.04. The maximum Gasteiger partial charge on any atom is 0.343 e. The van der Waals surface area contributed by atoms with Crippen LogP contribution >= 0.6 is 0 Å². The number of fused-ring (bicyclic) bond motifs is 2. The van der Waals surface area contributed by atoms with Crippen molar-refractivity contribution in [1.82, 2.24) is 0 Å². The van der Waals surface area contributed by atoms with E-state index in [4.69, 9.17) is 4.74 Å². The lowest BCUT2D eigenvalue weighted by Gasteiger charge is -2.12. The van der Waals surface area contributed by atoms with Gasteiger partial charge in [0.2, 0.25) is 0 Å². The van der Waals surface area contributed by atoms with Crippen molar-refractivity contribution in [2.45, 2.75) is 0 Å². The van der Waals surface area contributed by atoms with E-state index in [-0.39, 0.29) is 33.4 Å². The molecule has 0 radical (unpaired) electrons. The van der Waals surface area contributed by atoms with E-state index in [0.717, 1.165) is 0 Å². The number of benzene rings is 4. The number of carbonyl (C=O) groups is 4. The molecule has 8 heteroatoms. The minimum atomic E-state index is -1.32. The molecule has 8 nitrogen and oxygen atoms in total. The van der Waals surface area contributed by atoms with Crippen molar-refractivity contribution in [3.63, 3.8) is 0 Å². The monoisotopic (exact) mass is 430 g/mol. The Bertz CT molecular complexity index is 1450. The predicted octanol–water partition coefficient (Wildman–Crippen LogP) is 4.31. The number of hydrogen-bond acceptors (Lipinski definition) is 5. The maximum absolute atomic E-state index is 12.8. The summed E-state index contributed by atoms with van der Waals surface area (Å²) in [6.07, 6.45) is 0. The molecule has 0 saturated heterocycles. The summed E-state index contributed by atoms with van der Waals surface area (Å²) < 4.78 is 5.45. The molecule has 0 atom stereocenters. The van der Waals surface area contributed by atoms with Gasteiger partial charge in [0.25, 0.3) is 0 Å². The summed E-state index contributed by atoms with van der Waals surface area (Å²) in [6, 6.07) is 15.7. The number of aromatic carboxylic acids is 3. The third-order valence-corrected chi connectivity index (χ3v) is 4.97. The van der Waals surface area contributed by atoms with Crippen molar-refractivity contribution in [2.24, 2.45) is 0 Å². The van der Waals surface area contributed by atoms with Crippen LogP contribution in [-0.2, 0) is 0 Å². The first-order valence-corrected chi connectivity index (χ1v) is 9.27. The van der Waals surface area contributed by atoms with Crippen LogP contribution in [0.25, 0.3) is 21.5 Å². The topological polar surface area (TPSA) is 138 Å². The van der Waals surface area contributed by atoms with Gasteiger partial charge < -0.3 is 20.1 Å². The van der Waals surface area contributed by atoms with Gasteiger partial charge in [-0.25, -0.2) is 19.2 Å². The van der Waals surface area contributed by atoms with Gasteiger partial charge >= 0.3 is 23.9 Å². The van der Waals surface area contributed by atoms with E-state index in [9.17, 15) is 34.5 Å². The van der Waals surface area contributed by atoms with Crippen LogP contribution in [0.5, 0.6) is 5.75 Å². The molecule has 0 fully saturated rings. The van der Waals surface area contributed by atoms with Gasteiger partial charge in [-0.2, -0.15) is 0 Å². The zero-order chi connectivity index (χ0) is 23.0. The van der Waals surface area contributed by atoms with Crippen molar-refractivity contribution in [2.75, 3.05) is 0 Å². The van der Waals surface area contributed by atoms with E-state index in [1.807, 2.05) is 0 Å². The zero-order valence-corrected chi connectivity index (χ0v) is 16.2. The maximum atomic E-state index is 12.8. The Morgan fingerprint density at radius 1 is 0.562 bits per heavy atom. The molecule has 0 aliphatic heterocycles. The number of carboxylic acids is 3. The number of ether oxygens (including phenoxy) is 1. The second kappa shape index (κ2) is 7.84. The molecule has 0 aliphatic rings. The number of esters is 1. The predicted molar refractivity (Wildman–Crippen MR) is 114 cm³/mol. The Morgan fingerprint density at radius 2 is 1.09 bits per heavy atom. The van der Waals surface area contributed by atoms with Gasteiger partial charge in [0.1, 0.15) is 5.56 Å². The molecule has 4 aromatic carbocycles. The van der Waals surface area contributed by atoms with Crippen molar-refractivity contribution in [3.05, 3.63) is 89.0 Å². The Morgan fingerprint density at radius 3 is 1.72 bits per heavy atom. The third kappa shape index (κ3) is 3.72. The fourth-order valence-electron chi connectivity index (χ4n) is 3.37. The van der Waals surface area contributed by atoms with E-state index in [0.29, 0.717) is 16.2 Å². The second-order valence-corrected chi connectivity index (χ2v) is 6.96. The van der Waals surface area contributed by atoms with E-state index >= 15 is 0 Å². The van der Waals surface area contributed by atoms with Gasteiger partial charge in [0.05, 0.1) is 16.7 Å². The number of rotatable bonds is 5. The van der Waals surface area contributed by atoms with Crippen LogP contribution in [0.3, 0.4) is 0 Å². The Hall–Kier alpha value is -4.72. The number of carbonyl (C=O) groups excluding carboxylic acids is 1. The molecule has 32 heavy (non-hydrogen) atoms. The lowest BCUT2D eigenvalue weighted by atomic mass is 10.0. The molecular formula is C24H14O8. The molecule has 0 heterocycles. The average Bonchev–Trinajstić information content (AvgIpc) is 2.77. The Labute approximate surface area is 179 Å². The number of hydrogen-bond donors (Lipinski definition) is 3. The molecule has 0 bridgehead atoms. The Balaban J connectivity index is 1.78. The largest absolute Gasteiger partial charge is 0.478 e. The van der Waals surface area contributed by atoms with Crippen LogP contribution in [0.2, 0.25) is 0 Å². The fourth-order valence-corrected chi connectivity index (χ4v) is 3.37. The first-order valence-electron chi connectivity index (χ1n) is 9.27. The van der Waals surface area contributed by atoms with Crippen molar-refractivity contribution in [3.8, 4) is 5.75 Å². The molecule has 3 N–H and O–H groups in total. The molecule has 0 spiro atoms. The van der Waals surface area contributed by atoms with Crippen LogP contribution in [0.4, 0.5) is 0 Å². The second-order valence-electron chi connectivity index (χ2n) is 6.96. The van der Waals surface area contributed by atoms with Crippen LogP contribution in [0.1, 0.15) is 41.4 Å². The highest BCUT2D eigenvalue weighted by Gasteiger charge is 2.20. The first kappa shape index (κ1) is 20.5. The van der Waals surface area contributed by atoms with Crippen LogP contribution < -0.4 is 4.74 Å². The minimum absolute atomic E-state index is 0.00150. The summed E-state index contributed by atoms with van der Waals surface area (Å²) in [5.74, 6) is -4.63. The van der Waals surface area contributed by atoms with Gasteiger partial charge in [-0.05, 0) is 64.7 Å². The molecule has 158 valence electrons. The van der Waals surface area contributed by atoms with Gasteiger partial charge in [0, 0.05) is 5.39 Å². The summed E-state index contributed by atoms with van der Waals surface area (Å²) in [7, 11) is 0. The van der Waals surface area contributed by atoms with E-state index in [1.165, 1.54) is 54.6 Å². The molecular weight excluding hydrogens is 416 g/mol. The smallest absolute Gasteiger partial charge is 0.343 e.